The first kappa shape index (κ1) is 25.4. The summed E-state index contributed by atoms with van der Waals surface area (Å²) in [5.41, 5.74) is 3.16. The minimum Gasteiger partial charge on any atom is -0.477 e. The zero-order valence-electron chi connectivity index (χ0n) is 22.0. The number of aromatic amines is 1. The van der Waals surface area contributed by atoms with Gasteiger partial charge in [-0.05, 0) is 70.1 Å². The SMILES string of the molecule is Cc1cc(=O)n2[nH]c(-c3ccc(-n4cc(C(=O)O)c(N(C(=O)C5CCC(C)CC5)C(C)C)n4)cc3)cc2n1. The van der Waals surface area contributed by atoms with Crippen LogP contribution in [0.1, 0.15) is 62.5 Å². The van der Waals surface area contributed by atoms with E-state index in [4.69, 9.17) is 0 Å². The average molecular weight is 517 g/mol. The highest BCUT2D eigenvalue weighted by Gasteiger charge is 2.34. The molecule has 1 amide bonds. The van der Waals surface area contributed by atoms with Crippen LogP contribution < -0.4 is 10.5 Å². The van der Waals surface area contributed by atoms with Gasteiger partial charge >= 0.3 is 5.97 Å². The number of aryl methyl sites for hydroxylation is 1. The van der Waals surface area contributed by atoms with Crippen LogP contribution in [0.25, 0.3) is 22.6 Å². The van der Waals surface area contributed by atoms with Gasteiger partial charge in [0, 0.05) is 36.0 Å². The summed E-state index contributed by atoms with van der Waals surface area (Å²) in [6.07, 6.45) is 5.06. The van der Waals surface area contributed by atoms with Crippen LogP contribution in [0.3, 0.4) is 0 Å². The van der Waals surface area contributed by atoms with Gasteiger partial charge < -0.3 is 5.11 Å². The number of nitrogens with one attached hydrogen (secondary N) is 1. The van der Waals surface area contributed by atoms with E-state index in [2.05, 4.69) is 22.1 Å². The molecule has 10 nitrogen and oxygen atoms in total. The summed E-state index contributed by atoms with van der Waals surface area (Å²) in [4.78, 5) is 43.9. The number of aromatic nitrogens is 5. The van der Waals surface area contributed by atoms with Crippen molar-refractivity contribution in [3.8, 4) is 16.9 Å². The summed E-state index contributed by atoms with van der Waals surface area (Å²) in [6, 6.07) is 10.4. The first-order valence-corrected chi connectivity index (χ1v) is 13.0. The number of nitrogens with zero attached hydrogens (tertiary/aromatic N) is 5. The Bertz CT molecular complexity index is 1550. The molecule has 1 aromatic carbocycles. The van der Waals surface area contributed by atoms with E-state index in [1.807, 2.05) is 38.1 Å². The van der Waals surface area contributed by atoms with E-state index >= 15 is 0 Å². The Labute approximate surface area is 219 Å². The van der Waals surface area contributed by atoms with Gasteiger partial charge in [0.2, 0.25) is 5.91 Å². The van der Waals surface area contributed by atoms with Gasteiger partial charge in [0.1, 0.15) is 5.56 Å². The number of hydrogen-bond donors (Lipinski definition) is 2. The summed E-state index contributed by atoms with van der Waals surface area (Å²) < 4.78 is 2.88. The number of carbonyl (C=O) groups is 2. The molecule has 1 fully saturated rings. The largest absolute Gasteiger partial charge is 0.477 e. The van der Waals surface area contributed by atoms with Crippen LogP contribution in [0.4, 0.5) is 5.82 Å². The molecule has 5 rings (SSSR count). The summed E-state index contributed by atoms with van der Waals surface area (Å²) in [5.74, 6) is -0.551. The van der Waals surface area contributed by atoms with Crippen molar-refractivity contribution < 1.29 is 14.7 Å². The number of amides is 1. The van der Waals surface area contributed by atoms with E-state index in [9.17, 15) is 19.5 Å². The van der Waals surface area contributed by atoms with Crippen LogP contribution in [0.5, 0.6) is 0 Å². The first-order valence-electron chi connectivity index (χ1n) is 13.0. The molecule has 1 saturated carbocycles. The maximum Gasteiger partial charge on any atom is 0.341 e. The maximum absolute atomic E-state index is 13.5. The summed E-state index contributed by atoms with van der Waals surface area (Å²) in [5, 5.41) is 17.6. The van der Waals surface area contributed by atoms with Crippen molar-refractivity contribution in [3.63, 3.8) is 0 Å². The molecule has 1 aliphatic rings. The van der Waals surface area contributed by atoms with Crippen LogP contribution in [-0.2, 0) is 4.79 Å². The third-order valence-corrected chi connectivity index (χ3v) is 7.29. The molecule has 4 aromatic rings. The zero-order valence-corrected chi connectivity index (χ0v) is 22.0. The molecule has 0 spiro atoms. The second-order valence-electron chi connectivity index (χ2n) is 10.5. The van der Waals surface area contributed by atoms with Crippen LogP contribution in [0.15, 0.2) is 47.4 Å². The van der Waals surface area contributed by atoms with Crippen LogP contribution in [-0.4, -0.2) is 47.4 Å². The highest BCUT2D eigenvalue weighted by atomic mass is 16.4. The topological polar surface area (TPSA) is 126 Å². The predicted octanol–water partition coefficient (Wildman–Crippen LogP) is 4.45. The molecule has 10 heteroatoms. The molecule has 0 saturated heterocycles. The number of anilines is 1. The normalized spacial score (nSPS) is 17.7. The number of H-pyrrole nitrogens is 1. The molecule has 0 radical (unpaired) electrons. The smallest absolute Gasteiger partial charge is 0.341 e. The average Bonchev–Trinajstić information content (AvgIpc) is 3.50. The van der Waals surface area contributed by atoms with Crippen molar-refractivity contribution in [1.29, 1.82) is 0 Å². The van der Waals surface area contributed by atoms with Gasteiger partial charge in [0.05, 0.1) is 11.4 Å². The number of aromatic carboxylic acids is 1. The maximum atomic E-state index is 13.5. The van der Waals surface area contributed by atoms with Gasteiger partial charge in [-0.2, -0.15) is 0 Å². The molecule has 0 unspecified atom stereocenters. The molecular formula is C28H32N6O4. The number of benzene rings is 1. The Kier molecular flexibility index (Phi) is 6.64. The van der Waals surface area contributed by atoms with Crippen LogP contribution >= 0.6 is 0 Å². The lowest BCUT2D eigenvalue weighted by molar-refractivity contribution is -0.124. The Hall–Kier alpha value is -4.21. The van der Waals surface area contributed by atoms with E-state index < -0.39 is 5.97 Å². The lowest BCUT2D eigenvalue weighted by atomic mass is 9.82. The highest BCUT2D eigenvalue weighted by Crippen LogP contribution is 2.33. The zero-order chi connectivity index (χ0) is 27.1. The standard InChI is InChI=1S/C28H32N6O4/c1-16(2)33(27(36)20-7-5-17(3)6-8-20)26-22(28(37)38)15-32(31-26)21-11-9-19(10-12-21)23-14-24-29-18(4)13-25(35)34(24)30-23/h9-17,20,30H,5-8H2,1-4H3,(H,37,38). The Balaban J connectivity index is 1.47. The molecule has 38 heavy (non-hydrogen) atoms. The minimum atomic E-state index is -1.13. The first-order chi connectivity index (χ1) is 18.1. The Morgan fingerprint density at radius 3 is 2.42 bits per heavy atom. The van der Waals surface area contributed by atoms with Crippen molar-refractivity contribution in [3.05, 3.63) is 64.2 Å². The van der Waals surface area contributed by atoms with Gasteiger partial charge in [-0.15, -0.1) is 5.10 Å². The van der Waals surface area contributed by atoms with Gasteiger partial charge in [-0.25, -0.2) is 19.0 Å². The quantitative estimate of drug-likeness (QED) is 0.390. The lowest BCUT2D eigenvalue weighted by Crippen LogP contribution is -2.43. The molecule has 1 aliphatic carbocycles. The van der Waals surface area contributed by atoms with Crippen LogP contribution in [0.2, 0.25) is 0 Å². The van der Waals surface area contributed by atoms with Crippen molar-refractivity contribution >= 4 is 23.3 Å². The second-order valence-corrected chi connectivity index (χ2v) is 10.5. The fourth-order valence-electron chi connectivity index (χ4n) is 5.18. The number of carboxylic acids is 1. The predicted molar refractivity (Wildman–Crippen MR) is 144 cm³/mol. The lowest BCUT2D eigenvalue weighted by Gasteiger charge is -2.32. The van der Waals surface area contributed by atoms with Gasteiger partial charge in [0.15, 0.2) is 11.5 Å². The highest BCUT2D eigenvalue weighted by molar-refractivity contribution is 6.01. The second kappa shape index (κ2) is 9.92. The number of carboxylic acid groups (broad SMARTS) is 1. The van der Waals surface area contributed by atoms with Gasteiger partial charge in [0.25, 0.3) is 5.56 Å². The minimum absolute atomic E-state index is 0.0169. The molecular weight excluding hydrogens is 484 g/mol. The molecule has 0 bridgehead atoms. The van der Waals surface area contributed by atoms with Crippen molar-refractivity contribution in [2.75, 3.05) is 4.90 Å². The monoisotopic (exact) mass is 516 g/mol. The van der Waals surface area contributed by atoms with Crippen LogP contribution in [0, 0.1) is 18.8 Å². The Morgan fingerprint density at radius 1 is 1.11 bits per heavy atom. The van der Waals surface area contributed by atoms with Crippen molar-refractivity contribution in [2.24, 2.45) is 11.8 Å². The molecule has 198 valence electrons. The van der Waals surface area contributed by atoms with E-state index in [1.54, 1.807) is 17.9 Å². The number of fused-ring (bicyclic) bond motifs is 1. The molecule has 3 aromatic heterocycles. The van der Waals surface area contributed by atoms with Crippen molar-refractivity contribution in [2.45, 2.75) is 59.4 Å². The number of carbonyl (C=O) groups excluding carboxylic acids is 1. The fraction of sp³-hybridized carbons (Fsp3) is 0.393. The third-order valence-electron chi connectivity index (χ3n) is 7.29. The third kappa shape index (κ3) is 4.73. The summed E-state index contributed by atoms with van der Waals surface area (Å²) in [6.45, 7) is 7.73. The Morgan fingerprint density at radius 2 is 1.79 bits per heavy atom. The fourth-order valence-corrected chi connectivity index (χ4v) is 5.18. The van der Waals surface area contributed by atoms with Crippen molar-refractivity contribution in [1.82, 2.24) is 24.4 Å². The number of hydrogen-bond acceptors (Lipinski definition) is 5. The summed E-state index contributed by atoms with van der Waals surface area (Å²) in [7, 11) is 0. The van der Waals surface area contributed by atoms with E-state index in [0.717, 1.165) is 36.9 Å². The summed E-state index contributed by atoms with van der Waals surface area (Å²) >= 11 is 0. The molecule has 0 atom stereocenters. The molecule has 2 N–H and O–H groups in total. The van der Waals surface area contributed by atoms with E-state index in [0.29, 0.717) is 22.9 Å². The van der Waals surface area contributed by atoms with Gasteiger partial charge in [-0.1, -0.05) is 19.1 Å². The molecule has 3 heterocycles. The van der Waals surface area contributed by atoms with E-state index in [1.165, 1.54) is 21.5 Å². The molecule has 0 aliphatic heterocycles. The number of rotatable bonds is 6. The van der Waals surface area contributed by atoms with Gasteiger partial charge in [-0.3, -0.25) is 19.6 Å². The van der Waals surface area contributed by atoms with E-state index in [-0.39, 0.29) is 34.8 Å².